The lowest BCUT2D eigenvalue weighted by Gasteiger charge is -2.31. The molecule has 24 heavy (non-hydrogen) atoms. The van der Waals surface area contributed by atoms with Crippen molar-refractivity contribution in [1.29, 1.82) is 0 Å². The van der Waals surface area contributed by atoms with Gasteiger partial charge in [-0.3, -0.25) is 0 Å². The summed E-state index contributed by atoms with van der Waals surface area (Å²) >= 11 is 3.30. The minimum absolute atomic E-state index is 0.157. The van der Waals surface area contributed by atoms with E-state index in [1.54, 1.807) is 36.7 Å². The third kappa shape index (κ3) is 4.29. The molecule has 7 nitrogen and oxygen atoms in total. The molecule has 0 unspecified atom stereocenters. The fourth-order valence-electron chi connectivity index (χ4n) is 2.03. The van der Waals surface area contributed by atoms with E-state index in [-0.39, 0.29) is 19.2 Å². The predicted molar refractivity (Wildman–Crippen MR) is 92.1 cm³/mol. The van der Waals surface area contributed by atoms with Crippen molar-refractivity contribution in [2.75, 3.05) is 31.2 Å². The largest absolute Gasteiger partial charge is 0.458 e. The molecule has 1 aliphatic rings. The number of hydrogen-bond acceptors (Lipinski definition) is 7. The van der Waals surface area contributed by atoms with E-state index in [9.17, 15) is 4.79 Å². The van der Waals surface area contributed by atoms with Crippen LogP contribution in [0.15, 0.2) is 52.4 Å². The van der Waals surface area contributed by atoms with Gasteiger partial charge in [-0.1, -0.05) is 23.4 Å². The van der Waals surface area contributed by atoms with Crippen LogP contribution in [0.25, 0.3) is 0 Å². The van der Waals surface area contributed by atoms with Gasteiger partial charge in [-0.2, -0.15) is 0 Å². The average Bonchev–Trinajstić information content (AvgIpc) is 2.58. The maximum atomic E-state index is 11.7. The Labute approximate surface area is 147 Å². The van der Waals surface area contributed by atoms with Gasteiger partial charge in [0.05, 0.1) is 28.8 Å². The molecule has 3 rings (SSSR count). The highest BCUT2D eigenvalue weighted by Crippen LogP contribution is 2.15. The van der Waals surface area contributed by atoms with Gasteiger partial charge in [0.15, 0.2) is 6.61 Å². The Morgan fingerprint density at radius 1 is 1.17 bits per heavy atom. The minimum atomic E-state index is -0.367. The van der Waals surface area contributed by atoms with Crippen molar-refractivity contribution in [3.05, 3.63) is 52.8 Å². The van der Waals surface area contributed by atoms with Gasteiger partial charge in [-0.05, 0) is 28.1 Å². The molecule has 0 radical (unpaired) electrons. The van der Waals surface area contributed by atoms with Crippen LogP contribution in [0.3, 0.4) is 0 Å². The lowest BCUT2D eigenvalue weighted by Crippen LogP contribution is -2.48. The molecular weight excluding hydrogens is 376 g/mol. The van der Waals surface area contributed by atoms with E-state index in [1.165, 1.54) is 0 Å². The number of nitrogens with zero attached hydrogens (tertiary/aromatic N) is 4. The number of aromatic nitrogens is 2. The Morgan fingerprint density at radius 3 is 2.58 bits per heavy atom. The Morgan fingerprint density at radius 2 is 1.88 bits per heavy atom. The van der Waals surface area contributed by atoms with Gasteiger partial charge < -0.3 is 14.5 Å². The van der Waals surface area contributed by atoms with Crippen LogP contribution in [0.1, 0.15) is 10.4 Å². The molecule has 1 saturated heterocycles. The van der Waals surface area contributed by atoms with Crippen molar-refractivity contribution in [3.63, 3.8) is 0 Å². The van der Waals surface area contributed by atoms with Gasteiger partial charge >= 0.3 is 5.97 Å². The van der Waals surface area contributed by atoms with E-state index < -0.39 is 0 Å². The topological polar surface area (TPSA) is 76.9 Å². The standard InChI is InChI=1S/C16H15BrN4O3/c17-13-8-18-16(19-9-13)21-10-14(11-21)20-24-7-6-23-15(22)12-4-2-1-3-5-12/h1-5,8-9H,6-7,10-11H2. The van der Waals surface area contributed by atoms with Crippen LogP contribution in [0.2, 0.25) is 0 Å². The molecule has 0 saturated carbocycles. The molecule has 124 valence electrons. The number of hydrogen-bond donors (Lipinski definition) is 0. The number of halogens is 1. The highest BCUT2D eigenvalue weighted by Gasteiger charge is 2.24. The molecule has 0 amide bonds. The maximum absolute atomic E-state index is 11.7. The molecule has 0 atom stereocenters. The van der Waals surface area contributed by atoms with Gasteiger partial charge in [-0.15, -0.1) is 0 Å². The number of rotatable bonds is 6. The Bertz CT molecular complexity index is 714. The number of carbonyl (C=O) groups is 1. The lowest BCUT2D eigenvalue weighted by atomic mass is 10.2. The first-order chi connectivity index (χ1) is 11.7. The Hall–Kier alpha value is -2.48. The number of ether oxygens (including phenoxy) is 1. The SMILES string of the molecule is O=C(OCCON=C1CN(c2ncc(Br)cn2)C1)c1ccccc1. The van der Waals surface area contributed by atoms with Gasteiger partial charge in [0, 0.05) is 12.4 Å². The van der Waals surface area contributed by atoms with Gasteiger partial charge in [-0.25, -0.2) is 14.8 Å². The summed E-state index contributed by atoms with van der Waals surface area (Å²) in [5.41, 5.74) is 1.42. The summed E-state index contributed by atoms with van der Waals surface area (Å²) in [6.07, 6.45) is 3.41. The second-order valence-electron chi connectivity index (χ2n) is 5.05. The van der Waals surface area contributed by atoms with E-state index in [4.69, 9.17) is 9.57 Å². The first kappa shape index (κ1) is 16.4. The van der Waals surface area contributed by atoms with Crippen LogP contribution in [0.4, 0.5) is 5.95 Å². The maximum Gasteiger partial charge on any atom is 0.338 e. The Balaban J connectivity index is 1.33. The predicted octanol–water partition coefficient (Wildman–Crippen LogP) is 2.29. The zero-order valence-corrected chi connectivity index (χ0v) is 14.3. The molecule has 2 heterocycles. The number of anilines is 1. The summed E-state index contributed by atoms with van der Waals surface area (Å²) in [5.74, 6) is 0.294. The molecule has 1 fully saturated rings. The van der Waals surface area contributed by atoms with Gasteiger partial charge in [0.2, 0.25) is 5.95 Å². The fourth-order valence-corrected chi connectivity index (χ4v) is 2.23. The summed E-state index contributed by atoms with van der Waals surface area (Å²) in [6.45, 7) is 1.64. The van der Waals surface area contributed by atoms with Crippen LogP contribution in [0.5, 0.6) is 0 Å². The number of oxime groups is 1. The molecule has 1 aromatic carbocycles. The van der Waals surface area contributed by atoms with Crippen molar-refractivity contribution in [2.24, 2.45) is 5.16 Å². The summed E-state index contributed by atoms with van der Waals surface area (Å²) in [5, 5.41) is 4.01. The first-order valence-electron chi connectivity index (χ1n) is 7.35. The molecule has 1 aromatic heterocycles. The van der Waals surface area contributed by atoms with Crippen LogP contribution < -0.4 is 4.90 Å². The molecular formula is C16H15BrN4O3. The fraction of sp³-hybridized carbons (Fsp3) is 0.250. The van der Waals surface area contributed by atoms with Gasteiger partial charge in [0.1, 0.15) is 6.61 Å². The molecule has 0 aliphatic carbocycles. The summed E-state index contributed by atoms with van der Waals surface area (Å²) in [6, 6.07) is 8.83. The van der Waals surface area contributed by atoms with Crippen molar-refractivity contribution in [3.8, 4) is 0 Å². The molecule has 0 bridgehead atoms. The van der Waals surface area contributed by atoms with E-state index >= 15 is 0 Å². The highest BCUT2D eigenvalue weighted by atomic mass is 79.9. The normalized spacial score (nSPS) is 13.2. The number of esters is 1. The Kier molecular flexibility index (Phi) is 5.37. The zero-order chi connectivity index (χ0) is 16.8. The van der Waals surface area contributed by atoms with Crippen molar-refractivity contribution < 1.29 is 14.4 Å². The number of benzene rings is 1. The average molecular weight is 391 g/mol. The zero-order valence-electron chi connectivity index (χ0n) is 12.8. The molecule has 2 aromatic rings. The second-order valence-corrected chi connectivity index (χ2v) is 5.97. The summed E-state index contributed by atoms with van der Waals surface area (Å²) in [4.78, 5) is 27.2. The van der Waals surface area contributed by atoms with Crippen molar-refractivity contribution in [1.82, 2.24) is 9.97 Å². The lowest BCUT2D eigenvalue weighted by molar-refractivity contribution is 0.0326. The molecule has 8 heteroatoms. The van der Waals surface area contributed by atoms with Crippen molar-refractivity contribution in [2.45, 2.75) is 0 Å². The van der Waals surface area contributed by atoms with Crippen LogP contribution in [-0.4, -0.2) is 48.0 Å². The summed E-state index contributed by atoms with van der Waals surface area (Å²) < 4.78 is 5.94. The van der Waals surface area contributed by atoms with Crippen LogP contribution >= 0.6 is 15.9 Å². The third-order valence-electron chi connectivity index (χ3n) is 3.25. The minimum Gasteiger partial charge on any atom is -0.458 e. The van der Waals surface area contributed by atoms with Crippen LogP contribution in [-0.2, 0) is 9.57 Å². The quantitative estimate of drug-likeness (QED) is 0.427. The number of carbonyl (C=O) groups excluding carboxylic acids is 1. The monoisotopic (exact) mass is 390 g/mol. The van der Waals surface area contributed by atoms with E-state index in [1.807, 2.05) is 11.0 Å². The molecule has 1 aliphatic heterocycles. The van der Waals surface area contributed by atoms with E-state index in [0.717, 1.165) is 10.2 Å². The molecule has 0 N–H and O–H groups in total. The van der Waals surface area contributed by atoms with Crippen molar-refractivity contribution >= 4 is 33.6 Å². The molecule has 0 spiro atoms. The second kappa shape index (κ2) is 7.87. The van der Waals surface area contributed by atoms with Gasteiger partial charge in [0.25, 0.3) is 0 Å². The smallest absolute Gasteiger partial charge is 0.338 e. The van der Waals surface area contributed by atoms with E-state index in [0.29, 0.717) is 24.6 Å². The van der Waals surface area contributed by atoms with E-state index in [2.05, 4.69) is 31.1 Å². The van der Waals surface area contributed by atoms with Crippen LogP contribution in [0, 0.1) is 0 Å². The third-order valence-corrected chi connectivity index (χ3v) is 3.66. The first-order valence-corrected chi connectivity index (χ1v) is 8.14. The summed E-state index contributed by atoms with van der Waals surface area (Å²) in [7, 11) is 0. The highest BCUT2D eigenvalue weighted by molar-refractivity contribution is 9.10.